The summed E-state index contributed by atoms with van der Waals surface area (Å²) in [4.78, 5) is 0. The molecule has 0 spiro atoms. The predicted octanol–water partition coefficient (Wildman–Crippen LogP) is 3.85. The summed E-state index contributed by atoms with van der Waals surface area (Å²) in [6.45, 7) is 10.8. The molecule has 0 saturated heterocycles. The number of hydrogen-bond acceptors (Lipinski definition) is 0. The molecule has 1 unspecified atom stereocenters. The van der Waals surface area contributed by atoms with E-state index in [1.54, 1.807) is 0 Å². The fraction of sp³-hybridized carbons (Fsp3) is 0.800. The summed E-state index contributed by atoms with van der Waals surface area (Å²) in [5, 5.41) is 0.208. The van der Waals surface area contributed by atoms with Gasteiger partial charge in [-0.2, -0.15) is 0 Å². The maximum absolute atomic E-state index is 6.21. The molecule has 66 valence electrons. The molecule has 1 atom stereocenters. The number of hydrogen-bond donors (Lipinski definition) is 0. The lowest BCUT2D eigenvalue weighted by Crippen LogP contribution is -2.14. The van der Waals surface area contributed by atoms with Crippen LogP contribution in [0, 0.1) is 11.8 Å². The van der Waals surface area contributed by atoms with Gasteiger partial charge in [-0.15, -0.1) is 11.6 Å². The molecule has 0 aromatic carbocycles. The van der Waals surface area contributed by atoms with E-state index in [1.165, 1.54) is 5.57 Å². The van der Waals surface area contributed by atoms with Crippen LogP contribution in [0.15, 0.2) is 11.6 Å². The van der Waals surface area contributed by atoms with Crippen molar-refractivity contribution in [3.8, 4) is 0 Å². The summed E-state index contributed by atoms with van der Waals surface area (Å²) in [6, 6.07) is 0. The summed E-state index contributed by atoms with van der Waals surface area (Å²) in [6.07, 6.45) is 2.14. The Morgan fingerprint density at radius 2 is 1.64 bits per heavy atom. The van der Waals surface area contributed by atoms with Crippen LogP contribution in [0.5, 0.6) is 0 Å². The Morgan fingerprint density at radius 3 is 1.73 bits per heavy atom. The fourth-order valence-electron chi connectivity index (χ4n) is 1.20. The molecule has 0 aromatic heterocycles. The zero-order valence-electron chi connectivity index (χ0n) is 8.19. The van der Waals surface area contributed by atoms with E-state index in [-0.39, 0.29) is 5.38 Å². The summed E-state index contributed by atoms with van der Waals surface area (Å²) in [5.74, 6) is 1.11. The van der Waals surface area contributed by atoms with Crippen molar-refractivity contribution in [1.82, 2.24) is 0 Å². The Hall–Kier alpha value is 0.0300. The van der Waals surface area contributed by atoms with Crippen LogP contribution >= 0.6 is 11.6 Å². The van der Waals surface area contributed by atoms with Crippen molar-refractivity contribution in [2.45, 2.75) is 40.0 Å². The lowest BCUT2D eigenvalue weighted by atomic mass is 9.93. The first-order valence-electron chi connectivity index (χ1n) is 4.30. The number of halogens is 1. The second-order valence-corrected chi connectivity index (χ2v) is 4.06. The van der Waals surface area contributed by atoms with E-state index in [2.05, 4.69) is 40.7 Å². The largest absolute Gasteiger partial charge is 0.118 e. The molecule has 0 nitrogen and oxygen atoms in total. The van der Waals surface area contributed by atoms with Gasteiger partial charge < -0.3 is 0 Å². The maximum Gasteiger partial charge on any atom is 0.0570 e. The first kappa shape index (κ1) is 11.0. The third-order valence-corrected chi connectivity index (χ3v) is 2.66. The highest BCUT2D eigenvalue weighted by Gasteiger charge is 2.16. The van der Waals surface area contributed by atoms with Crippen molar-refractivity contribution in [3.05, 3.63) is 11.6 Å². The van der Waals surface area contributed by atoms with Crippen molar-refractivity contribution >= 4 is 11.6 Å². The average molecular weight is 175 g/mol. The molecular formula is C10H19Cl. The van der Waals surface area contributed by atoms with Crippen molar-refractivity contribution in [3.63, 3.8) is 0 Å². The SMILES string of the molecule is C/C=C(/C(C)C)C(Cl)C(C)C. The van der Waals surface area contributed by atoms with Gasteiger partial charge in [-0.1, -0.05) is 39.3 Å². The molecule has 0 N–H and O–H groups in total. The molecule has 0 aliphatic rings. The van der Waals surface area contributed by atoms with Crippen molar-refractivity contribution in [1.29, 1.82) is 0 Å². The summed E-state index contributed by atoms with van der Waals surface area (Å²) in [7, 11) is 0. The number of allylic oxidation sites excluding steroid dienone is 2. The highest BCUT2D eigenvalue weighted by atomic mass is 35.5. The highest BCUT2D eigenvalue weighted by molar-refractivity contribution is 6.22. The highest BCUT2D eigenvalue weighted by Crippen LogP contribution is 2.24. The van der Waals surface area contributed by atoms with E-state index in [9.17, 15) is 0 Å². The van der Waals surface area contributed by atoms with Gasteiger partial charge in [-0.25, -0.2) is 0 Å². The zero-order valence-corrected chi connectivity index (χ0v) is 8.94. The maximum atomic E-state index is 6.21. The Balaban J connectivity index is 4.28. The van der Waals surface area contributed by atoms with Gasteiger partial charge in [0.2, 0.25) is 0 Å². The van der Waals surface area contributed by atoms with E-state index >= 15 is 0 Å². The normalized spacial score (nSPS) is 16.2. The van der Waals surface area contributed by atoms with E-state index in [4.69, 9.17) is 11.6 Å². The Bertz CT molecular complexity index is 134. The van der Waals surface area contributed by atoms with Crippen molar-refractivity contribution < 1.29 is 0 Å². The molecule has 0 amide bonds. The standard InChI is InChI=1S/C10H19Cl/c1-6-9(7(2)3)10(11)8(4)5/h6-8,10H,1-5H3/b9-6-. The van der Waals surface area contributed by atoms with Gasteiger partial charge in [0.25, 0.3) is 0 Å². The quantitative estimate of drug-likeness (QED) is 0.451. The Kier molecular flexibility index (Phi) is 4.83. The molecule has 0 radical (unpaired) electrons. The third kappa shape index (κ3) is 3.29. The second kappa shape index (κ2) is 4.82. The van der Waals surface area contributed by atoms with Crippen LogP contribution in [-0.4, -0.2) is 5.38 Å². The van der Waals surface area contributed by atoms with Crippen LogP contribution in [0.3, 0.4) is 0 Å². The second-order valence-electron chi connectivity index (χ2n) is 3.59. The number of alkyl halides is 1. The molecule has 0 bridgehead atoms. The fourth-order valence-corrected chi connectivity index (χ4v) is 1.57. The lowest BCUT2D eigenvalue weighted by molar-refractivity contribution is 0.594. The molecule has 0 saturated carbocycles. The van der Waals surface area contributed by atoms with Crippen molar-refractivity contribution in [2.75, 3.05) is 0 Å². The summed E-state index contributed by atoms with van der Waals surface area (Å²) < 4.78 is 0. The van der Waals surface area contributed by atoms with Gasteiger partial charge in [0.1, 0.15) is 0 Å². The van der Waals surface area contributed by atoms with Crippen LogP contribution in [0.2, 0.25) is 0 Å². The molecule has 11 heavy (non-hydrogen) atoms. The Morgan fingerprint density at radius 1 is 1.18 bits per heavy atom. The van der Waals surface area contributed by atoms with E-state index in [0.29, 0.717) is 11.8 Å². The van der Waals surface area contributed by atoms with Crippen LogP contribution < -0.4 is 0 Å². The molecule has 1 heteroatoms. The Labute approximate surface area is 75.6 Å². The molecule has 0 aliphatic heterocycles. The molecular weight excluding hydrogens is 156 g/mol. The monoisotopic (exact) mass is 174 g/mol. The average Bonchev–Trinajstić information content (AvgIpc) is 1.88. The predicted molar refractivity (Wildman–Crippen MR) is 53.1 cm³/mol. The molecule has 0 aromatic rings. The zero-order chi connectivity index (χ0) is 9.02. The van der Waals surface area contributed by atoms with E-state index < -0.39 is 0 Å². The van der Waals surface area contributed by atoms with Crippen LogP contribution in [0.25, 0.3) is 0 Å². The summed E-state index contributed by atoms with van der Waals surface area (Å²) >= 11 is 6.21. The molecule has 0 heterocycles. The van der Waals surface area contributed by atoms with Gasteiger partial charge in [0.15, 0.2) is 0 Å². The minimum Gasteiger partial charge on any atom is -0.118 e. The van der Waals surface area contributed by atoms with Gasteiger partial charge in [0, 0.05) is 0 Å². The molecule has 0 rings (SSSR count). The third-order valence-electron chi connectivity index (χ3n) is 1.90. The first-order chi connectivity index (χ1) is 5.00. The minimum absolute atomic E-state index is 0.208. The van der Waals surface area contributed by atoms with Crippen molar-refractivity contribution in [2.24, 2.45) is 11.8 Å². The first-order valence-corrected chi connectivity index (χ1v) is 4.74. The number of rotatable bonds is 3. The minimum atomic E-state index is 0.208. The molecule has 0 fully saturated rings. The molecule has 0 aliphatic carbocycles. The van der Waals surface area contributed by atoms with E-state index in [0.717, 1.165) is 0 Å². The topological polar surface area (TPSA) is 0 Å². The van der Waals surface area contributed by atoms with Gasteiger partial charge in [-0.05, 0) is 18.8 Å². The van der Waals surface area contributed by atoms with Crippen LogP contribution in [0.4, 0.5) is 0 Å². The lowest BCUT2D eigenvalue weighted by Gasteiger charge is -2.20. The summed E-state index contributed by atoms with van der Waals surface area (Å²) in [5.41, 5.74) is 1.36. The smallest absolute Gasteiger partial charge is 0.0570 e. The van der Waals surface area contributed by atoms with Gasteiger partial charge in [-0.3, -0.25) is 0 Å². The van der Waals surface area contributed by atoms with Gasteiger partial charge in [0.05, 0.1) is 5.38 Å². The van der Waals surface area contributed by atoms with E-state index in [1.807, 2.05) is 0 Å². The van der Waals surface area contributed by atoms with Crippen LogP contribution in [-0.2, 0) is 0 Å². The van der Waals surface area contributed by atoms with Gasteiger partial charge >= 0.3 is 0 Å². The van der Waals surface area contributed by atoms with Crippen LogP contribution in [0.1, 0.15) is 34.6 Å².